The monoisotopic (exact) mass is 321 g/mol. The molecule has 0 spiro atoms. The topological polar surface area (TPSA) is 26.0 Å². The summed E-state index contributed by atoms with van der Waals surface area (Å²) in [5.74, 6) is -0.230. The van der Waals surface area contributed by atoms with Crippen molar-refractivity contribution in [3.8, 4) is 0 Å². The molecule has 2 aromatic carbocycles. The molecule has 2 N–H and O–H groups in total. The first-order valence-corrected chi connectivity index (χ1v) is 7.08. The van der Waals surface area contributed by atoms with Crippen LogP contribution < -0.4 is 5.73 Å². The van der Waals surface area contributed by atoms with Crippen molar-refractivity contribution in [2.24, 2.45) is 5.73 Å². The number of aryl methyl sites for hydroxylation is 1. The van der Waals surface area contributed by atoms with Crippen LogP contribution in [0.5, 0.6) is 0 Å². The number of hydrogen-bond donors (Lipinski definition) is 1. The molecule has 1 nitrogen and oxygen atoms in total. The SMILES string of the molecule is Cc1ccc(CC(N)Cc2cc(F)cc(Br)c2)cc1. The van der Waals surface area contributed by atoms with Gasteiger partial charge < -0.3 is 5.73 Å². The molecule has 1 unspecified atom stereocenters. The number of nitrogens with two attached hydrogens (primary N) is 1. The fourth-order valence-electron chi connectivity index (χ4n) is 2.13. The van der Waals surface area contributed by atoms with Crippen molar-refractivity contribution in [3.05, 3.63) is 69.4 Å². The molecule has 0 fully saturated rings. The van der Waals surface area contributed by atoms with Crippen LogP contribution in [0.3, 0.4) is 0 Å². The molecule has 1 atom stereocenters. The Labute approximate surface area is 121 Å². The molecule has 0 amide bonds. The summed E-state index contributed by atoms with van der Waals surface area (Å²) in [6.45, 7) is 2.06. The highest BCUT2D eigenvalue weighted by Gasteiger charge is 2.07. The van der Waals surface area contributed by atoms with Crippen molar-refractivity contribution in [1.82, 2.24) is 0 Å². The predicted octanol–water partition coefficient (Wildman–Crippen LogP) is 4.01. The van der Waals surface area contributed by atoms with E-state index in [1.165, 1.54) is 17.2 Å². The van der Waals surface area contributed by atoms with E-state index in [2.05, 4.69) is 47.1 Å². The van der Waals surface area contributed by atoms with E-state index >= 15 is 0 Å². The summed E-state index contributed by atoms with van der Waals surface area (Å²) >= 11 is 3.30. The third-order valence-electron chi connectivity index (χ3n) is 3.04. The second-order valence-electron chi connectivity index (χ2n) is 4.93. The van der Waals surface area contributed by atoms with E-state index in [9.17, 15) is 4.39 Å². The van der Waals surface area contributed by atoms with Crippen molar-refractivity contribution >= 4 is 15.9 Å². The molecule has 2 rings (SSSR count). The smallest absolute Gasteiger partial charge is 0.124 e. The van der Waals surface area contributed by atoms with Gasteiger partial charge in [0.1, 0.15) is 5.82 Å². The van der Waals surface area contributed by atoms with Crippen LogP contribution >= 0.6 is 15.9 Å². The lowest BCUT2D eigenvalue weighted by Crippen LogP contribution is -2.25. The molecule has 100 valence electrons. The molecule has 0 aliphatic carbocycles. The van der Waals surface area contributed by atoms with Gasteiger partial charge >= 0.3 is 0 Å². The molecule has 0 aromatic heterocycles. The summed E-state index contributed by atoms with van der Waals surface area (Å²) in [5, 5.41) is 0. The van der Waals surface area contributed by atoms with Crippen LogP contribution in [-0.4, -0.2) is 6.04 Å². The molecule has 0 radical (unpaired) electrons. The number of benzene rings is 2. The molecule has 3 heteroatoms. The fraction of sp³-hybridized carbons (Fsp3) is 0.250. The van der Waals surface area contributed by atoms with Crippen molar-refractivity contribution in [1.29, 1.82) is 0 Å². The third kappa shape index (κ3) is 4.44. The highest BCUT2D eigenvalue weighted by atomic mass is 79.9. The first-order chi connectivity index (χ1) is 9.02. The van der Waals surface area contributed by atoms with Crippen LogP contribution in [0.15, 0.2) is 46.9 Å². The van der Waals surface area contributed by atoms with Gasteiger partial charge in [-0.25, -0.2) is 4.39 Å². The van der Waals surface area contributed by atoms with Gasteiger partial charge in [-0.2, -0.15) is 0 Å². The normalized spacial score (nSPS) is 12.4. The lowest BCUT2D eigenvalue weighted by atomic mass is 9.99. The lowest BCUT2D eigenvalue weighted by molar-refractivity contribution is 0.617. The highest BCUT2D eigenvalue weighted by Crippen LogP contribution is 2.17. The van der Waals surface area contributed by atoms with Crippen molar-refractivity contribution in [3.63, 3.8) is 0 Å². The standard InChI is InChI=1S/C16H17BrFN/c1-11-2-4-12(5-3-11)8-16(19)9-13-6-14(17)10-15(18)7-13/h2-7,10,16H,8-9,19H2,1H3. The largest absolute Gasteiger partial charge is 0.327 e. The lowest BCUT2D eigenvalue weighted by Gasteiger charge is -2.12. The molecular formula is C16H17BrFN. The maximum absolute atomic E-state index is 13.3. The zero-order valence-corrected chi connectivity index (χ0v) is 12.5. The van der Waals surface area contributed by atoms with Gasteiger partial charge in [-0.15, -0.1) is 0 Å². The molecule has 0 heterocycles. The second kappa shape index (κ2) is 6.31. The van der Waals surface area contributed by atoms with Gasteiger partial charge in [0.15, 0.2) is 0 Å². The van der Waals surface area contributed by atoms with E-state index < -0.39 is 0 Å². The maximum Gasteiger partial charge on any atom is 0.124 e. The fourth-order valence-corrected chi connectivity index (χ4v) is 2.64. The summed E-state index contributed by atoms with van der Waals surface area (Å²) < 4.78 is 14.0. The van der Waals surface area contributed by atoms with E-state index in [0.29, 0.717) is 6.42 Å². The molecule has 2 aromatic rings. The van der Waals surface area contributed by atoms with Gasteiger partial charge in [-0.1, -0.05) is 45.8 Å². The van der Waals surface area contributed by atoms with Crippen LogP contribution in [-0.2, 0) is 12.8 Å². The highest BCUT2D eigenvalue weighted by molar-refractivity contribution is 9.10. The maximum atomic E-state index is 13.3. The average molecular weight is 322 g/mol. The Morgan fingerprint density at radius 2 is 1.68 bits per heavy atom. The summed E-state index contributed by atoms with van der Waals surface area (Å²) in [4.78, 5) is 0. The molecule has 19 heavy (non-hydrogen) atoms. The Bertz CT molecular complexity index is 531. The Morgan fingerprint density at radius 3 is 2.32 bits per heavy atom. The quantitative estimate of drug-likeness (QED) is 0.904. The van der Waals surface area contributed by atoms with Gasteiger partial charge in [0.25, 0.3) is 0 Å². The summed E-state index contributed by atoms with van der Waals surface area (Å²) in [7, 11) is 0. The van der Waals surface area contributed by atoms with Crippen LogP contribution in [0.1, 0.15) is 16.7 Å². The molecule has 0 aliphatic rings. The van der Waals surface area contributed by atoms with Crippen molar-refractivity contribution < 1.29 is 4.39 Å². The van der Waals surface area contributed by atoms with E-state index in [1.807, 2.05) is 6.07 Å². The van der Waals surface area contributed by atoms with Gasteiger partial charge in [-0.3, -0.25) is 0 Å². The Kier molecular flexibility index (Phi) is 4.72. The Morgan fingerprint density at radius 1 is 1.05 bits per heavy atom. The first-order valence-electron chi connectivity index (χ1n) is 6.29. The van der Waals surface area contributed by atoms with Crippen LogP contribution in [0.2, 0.25) is 0 Å². The van der Waals surface area contributed by atoms with Gasteiger partial charge in [0.05, 0.1) is 0 Å². The molecule has 0 saturated heterocycles. The number of hydrogen-bond acceptors (Lipinski definition) is 1. The predicted molar refractivity (Wildman–Crippen MR) is 80.7 cm³/mol. The minimum Gasteiger partial charge on any atom is -0.327 e. The third-order valence-corrected chi connectivity index (χ3v) is 3.50. The van der Waals surface area contributed by atoms with E-state index in [4.69, 9.17) is 5.73 Å². The Hall–Kier alpha value is -1.19. The van der Waals surface area contributed by atoms with E-state index in [-0.39, 0.29) is 11.9 Å². The molecule has 0 aliphatic heterocycles. The zero-order chi connectivity index (χ0) is 13.8. The van der Waals surface area contributed by atoms with Crippen LogP contribution in [0.4, 0.5) is 4.39 Å². The van der Waals surface area contributed by atoms with E-state index in [1.54, 1.807) is 6.07 Å². The molecular weight excluding hydrogens is 305 g/mol. The van der Waals surface area contributed by atoms with E-state index in [0.717, 1.165) is 16.5 Å². The summed E-state index contributed by atoms with van der Waals surface area (Å²) in [6, 6.07) is 13.3. The number of rotatable bonds is 4. The Balaban J connectivity index is 2.00. The minimum atomic E-state index is -0.230. The summed E-state index contributed by atoms with van der Waals surface area (Å²) in [5.41, 5.74) is 9.52. The van der Waals surface area contributed by atoms with Crippen LogP contribution in [0, 0.1) is 12.7 Å². The number of halogens is 2. The van der Waals surface area contributed by atoms with Crippen molar-refractivity contribution in [2.45, 2.75) is 25.8 Å². The van der Waals surface area contributed by atoms with Gasteiger partial charge in [-0.05, 0) is 49.1 Å². The average Bonchev–Trinajstić information content (AvgIpc) is 2.30. The molecule has 0 bridgehead atoms. The second-order valence-corrected chi connectivity index (χ2v) is 5.85. The minimum absolute atomic E-state index is 0.00333. The van der Waals surface area contributed by atoms with Crippen LogP contribution in [0.25, 0.3) is 0 Å². The van der Waals surface area contributed by atoms with Gasteiger partial charge in [0, 0.05) is 10.5 Å². The van der Waals surface area contributed by atoms with Crippen molar-refractivity contribution in [2.75, 3.05) is 0 Å². The first kappa shape index (κ1) is 14.2. The zero-order valence-electron chi connectivity index (χ0n) is 10.9. The summed E-state index contributed by atoms with van der Waals surface area (Å²) in [6.07, 6.45) is 1.47. The van der Waals surface area contributed by atoms with Gasteiger partial charge in [0.2, 0.25) is 0 Å². The molecule has 0 saturated carbocycles.